The Morgan fingerprint density at radius 2 is 1.00 bits per heavy atom. The van der Waals surface area contributed by atoms with Crippen molar-refractivity contribution in [3.63, 3.8) is 0 Å². The van der Waals surface area contributed by atoms with E-state index in [-0.39, 0.29) is 9.75 Å². The summed E-state index contributed by atoms with van der Waals surface area (Å²) in [5, 5.41) is 21.3. The first-order valence-corrected chi connectivity index (χ1v) is 12.6. The van der Waals surface area contributed by atoms with E-state index in [1.165, 1.54) is 22.7 Å². The van der Waals surface area contributed by atoms with Crippen LogP contribution in [0.25, 0.3) is 42.4 Å². The molecule has 5 aromatic rings. The average molecular weight is 527 g/mol. The molecular formula is C26H16Cl2O4S2. The molecule has 0 aliphatic rings. The molecule has 8 heteroatoms. The number of thiophene rings is 2. The molecule has 34 heavy (non-hydrogen) atoms. The number of aryl methyl sites for hydroxylation is 2. The van der Waals surface area contributed by atoms with Gasteiger partial charge < -0.3 is 10.2 Å². The molecule has 0 saturated heterocycles. The van der Waals surface area contributed by atoms with Gasteiger partial charge in [0.1, 0.15) is 9.75 Å². The minimum atomic E-state index is -0.953. The van der Waals surface area contributed by atoms with Gasteiger partial charge in [0.2, 0.25) is 0 Å². The van der Waals surface area contributed by atoms with Crippen LogP contribution < -0.4 is 0 Å². The lowest BCUT2D eigenvalue weighted by Crippen LogP contribution is -1.91. The standard InChI is InChI=1S/C26H16Cl2O4S2/c1-11-3-16(18-10-22-14(6-20(18)28)8-24(34-22)26(31)32)12(2)4-15(11)17-9-21-13(5-19(17)27)7-23(33-21)25(29)30/h3-10H,1-2H3,(H,29,30)(H,31,32). The SMILES string of the molecule is Cc1cc(-c2cc3sc(C(=O)O)cc3cc2Cl)c(C)cc1-c1cc2sc(C(=O)O)cc2cc1Cl. The molecule has 170 valence electrons. The first-order chi connectivity index (χ1) is 16.1. The van der Waals surface area contributed by atoms with Gasteiger partial charge in [0.05, 0.1) is 0 Å². The quantitative estimate of drug-likeness (QED) is 0.245. The number of aromatic carboxylic acids is 2. The summed E-state index contributed by atoms with van der Waals surface area (Å²) in [4.78, 5) is 23.3. The summed E-state index contributed by atoms with van der Waals surface area (Å²) < 4.78 is 1.72. The average Bonchev–Trinajstić information content (AvgIpc) is 3.37. The third-order valence-electron chi connectivity index (χ3n) is 5.79. The van der Waals surface area contributed by atoms with Gasteiger partial charge >= 0.3 is 11.9 Å². The van der Waals surface area contributed by atoms with Gasteiger partial charge in [-0.2, -0.15) is 0 Å². The van der Waals surface area contributed by atoms with E-state index in [0.717, 1.165) is 53.6 Å². The summed E-state index contributed by atoms with van der Waals surface area (Å²) in [6, 6.07) is 14.9. The Morgan fingerprint density at radius 1 is 0.618 bits per heavy atom. The number of carboxylic acid groups (broad SMARTS) is 2. The van der Waals surface area contributed by atoms with Crippen LogP contribution in [0.2, 0.25) is 10.0 Å². The second kappa shape index (κ2) is 8.40. The zero-order chi connectivity index (χ0) is 24.3. The van der Waals surface area contributed by atoms with Crippen LogP contribution in [0.1, 0.15) is 30.5 Å². The molecule has 0 bridgehead atoms. The molecule has 4 nitrogen and oxygen atoms in total. The van der Waals surface area contributed by atoms with E-state index >= 15 is 0 Å². The molecule has 2 N–H and O–H groups in total. The van der Waals surface area contributed by atoms with E-state index < -0.39 is 11.9 Å². The van der Waals surface area contributed by atoms with Crippen molar-refractivity contribution in [1.82, 2.24) is 0 Å². The zero-order valence-corrected chi connectivity index (χ0v) is 21.0. The minimum absolute atomic E-state index is 0.274. The largest absolute Gasteiger partial charge is 0.477 e. The summed E-state index contributed by atoms with van der Waals surface area (Å²) in [5.41, 5.74) is 5.58. The molecule has 0 atom stereocenters. The zero-order valence-electron chi connectivity index (χ0n) is 17.9. The van der Waals surface area contributed by atoms with Crippen molar-refractivity contribution in [2.45, 2.75) is 13.8 Å². The lowest BCUT2D eigenvalue weighted by atomic mass is 9.91. The lowest BCUT2D eigenvalue weighted by molar-refractivity contribution is 0.0691. The first-order valence-electron chi connectivity index (χ1n) is 10.2. The van der Waals surface area contributed by atoms with Crippen LogP contribution in [0.4, 0.5) is 0 Å². The summed E-state index contributed by atoms with van der Waals surface area (Å²) in [5.74, 6) is -1.91. The van der Waals surface area contributed by atoms with Crippen molar-refractivity contribution in [3.05, 3.63) is 79.5 Å². The number of carbonyl (C=O) groups is 2. The number of halogens is 2. The van der Waals surface area contributed by atoms with Gasteiger partial charge in [-0.15, -0.1) is 22.7 Å². The Labute approximate surface area is 212 Å². The van der Waals surface area contributed by atoms with Gasteiger partial charge in [0, 0.05) is 30.6 Å². The number of hydrogen-bond donors (Lipinski definition) is 2. The third-order valence-corrected chi connectivity index (χ3v) is 8.58. The predicted molar refractivity (Wildman–Crippen MR) is 141 cm³/mol. The topological polar surface area (TPSA) is 74.6 Å². The van der Waals surface area contributed by atoms with Crippen LogP contribution >= 0.6 is 45.9 Å². The number of benzene rings is 3. The number of carboxylic acids is 2. The fraction of sp³-hybridized carbons (Fsp3) is 0.0769. The molecule has 2 heterocycles. The highest BCUT2D eigenvalue weighted by atomic mass is 35.5. The van der Waals surface area contributed by atoms with Crippen molar-refractivity contribution in [2.24, 2.45) is 0 Å². The molecular weight excluding hydrogens is 511 g/mol. The first kappa shape index (κ1) is 22.9. The van der Waals surface area contributed by atoms with Crippen LogP contribution in [0.5, 0.6) is 0 Å². The third kappa shape index (κ3) is 3.87. The molecule has 2 aromatic heterocycles. The summed E-state index contributed by atoms with van der Waals surface area (Å²) in [6.07, 6.45) is 0. The van der Waals surface area contributed by atoms with Gasteiger partial charge in [-0.1, -0.05) is 35.3 Å². The van der Waals surface area contributed by atoms with Crippen LogP contribution in [0, 0.1) is 13.8 Å². The maximum atomic E-state index is 11.4. The molecule has 3 aromatic carbocycles. The van der Waals surface area contributed by atoms with Crippen LogP contribution in [-0.2, 0) is 0 Å². The fourth-order valence-electron chi connectivity index (χ4n) is 4.14. The van der Waals surface area contributed by atoms with E-state index in [4.69, 9.17) is 23.2 Å². The summed E-state index contributed by atoms with van der Waals surface area (Å²) in [7, 11) is 0. The molecule has 0 radical (unpaired) electrons. The Bertz CT molecular complexity index is 1540. The Morgan fingerprint density at radius 3 is 1.35 bits per heavy atom. The van der Waals surface area contributed by atoms with Gasteiger partial charge in [-0.25, -0.2) is 9.59 Å². The van der Waals surface area contributed by atoms with Crippen molar-refractivity contribution in [1.29, 1.82) is 0 Å². The molecule has 0 unspecified atom stereocenters. The van der Waals surface area contributed by atoms with Crippen molar-refractivity contribution in [3.8, 4) is 22.3 Å². The molecule has 0 saturated carbocycles. The van der Waals surface area contributed by atoms with E-state index in [2.05, 4.69) is 12.1 Å². The number of rotatable bonds is 4. The van der Waals surface area contributed by atoms with E-state index in [0.29, 0.717) is 10.0 Å². The summed E-state index contributed by atoms with van der Waals surface area (Å²) in [6.45, 7) is 3.99. The highest BCUT2D eigenvalue weighted by Crippen LogP contribution is 2.42. The highest BCUT2D eigenvalue weighted by molar-refractivity contribution is 7.21. The molecule has 5 rings (SSSR count). The van der Waals surface area contributed by atoms with Crippen molar-refractivity contribution >= 4 is 78.0 Å². The fourth-order valence-corrected chi connectivity index (χ4v) is 6.53. The van der Waals surface area contributed by atoms with Gasteiger partial charge in [0.25, 0.3) is 0 Å². The predicted octanol–water partition coefficient (Wildman–Crippen LogP) is 8.77. The maximum absolute atomic E-state index is 11.4. The van der Waals surface area contributed by atoms with Crippen LogP contribution in [0.3, 0.4) is 0 Å². The van der Waals surface area contributed by atoms with E-state index in [9.17, 15) is 19.8 Å². The molecule has 0 aliphatic heterocycles. The lowest BCUT2D eigenvalue weighted by Gasteiger charge is -2.15. The second-order valence-corrected chi connectivity index (χ2v) is 11.0. The van der Waals surface area contributed by atoms with Gasteiger partial charge in [-0.05, 0) is 83.3 Å². The molecule has 0 amide bonds. The number of hydrogen-bond acceptors (Lipinski definition) is 4. The van der Waals surface area contributed by atoms with Gasteiger partial charge in [0.15, 0.2) is 0 Å². The Kier molecular flexibility index (Phi) is 5.65. The van der Waals surface area contributed by atoms with Crippen LogP contribution in [0.15, 0.2) is 48.5 Å². The molecule has 0 fully saturated rings. The van der Waals surface area contributed by atoms with Gasteiger partial charge in [-0.3, -0.25) is 0 Å². The normalized spacial score (nSPS) is 11.4. The number of fused-ring (bicyclic) bond motifs is 2. The van der Waals surface area contributed by atoms with E-state index in [1.807, 2.05) is 26.0 Å². The smallest absolute Gasteiger partial charge is 0.345 e. The molecule has 0 aliphatic carbocycles. The van der Waals surface area contributed by atoms with Crippen molar-refractivity contribution < 1.29 is 19.8 Å². The molecule has 0 spiro atoms. The Balaban J connectivity index is 1.64. The summed E-state index contributed by atoms with van der Waals surface area (Å²) >= 11 is 15.7. The van der Waals surface area contributed by atoms with Crippen molar-refractivity contribution in [2.75, 3.05) is 0 Å². The minimum Gasteiger partial charge on any atom is -0.477 e. The monoisotopic (exact) mass is 526 g/mol. The van der Waals surface area contributed by atoms with Crippen LogP contribution in [-0.4, -0.2) is 22.2 Å². The highest BCUT2D eigenvalue weighted by Gasteiger charge is 2.17. The second-order valence-electron chi connectivity index (χ2n) is 8.05. The maximum Gasteiger partial charge on any atom is 0.345 e. The van der Waals surface area contributed by atoms with E-state index in [1.54, 1.807) is 24.3 Å². The Hall–Kier alpha value is -2.90.